The van der Waals surface area contributed by atoms with Gasteiger partial charge in [-0.1, -0.05) is 29.4 Å². The maximum Gasteiger partial charge on any atom is 0.236 e. The van der Waals surface area contributed by atoms with E-state index in [0.29, 0.717) is 12.1 Å². The predicted octanol–water partition coefficient (Wildman–Crippen LogP) is 0.00520. The molecule has 1 unspecified atom stereocenters. The van der Waals surface area contributed by atoms with Crippen LogP contribution in [0.3, 0.4) is 0 Å². The molecule has 0 saturated carbocycles. The fourth-order valence-electron chi connectivity index (χ4n) is 1.55. The van der Waals surface area contributed by atoms with Crippen LogP contribution in [-0.4, -0.2) is 30.0 Å². The van der Waals surface area contributed by atoms with Crippen molar-refractivity contribution in [3.8, 4) is 0 Å². The Morgan fingerprint density at radius 3 is 2.78 bits per heavy atom. The number of amides is 1. The number of nitrogens with zero attached hydrogens (tertiary/aromatic N) is 1. The third-order valence-corrected chi connectivity index (χ3v) is 2.64. The number of oxime groups is 1. The van der Waals surface area contributed by atoms with Gasteiger partial charge in [0.05, 0.1) is 6.04 Å². The van der Waals surface area contributed by atoms with Crippen LogP contribution in [0.15, 0.2) is 29.4 Å². The molecular formula is C12H18N4O2. The Morgan fingerprint density at radius 1 is 1.50 bits per heavy atom. The highest BCUT2D eigenvalue weighted by Gasteiger charge is 2.11. The van der Waals surface area contributed by atoms with E-state index in [1.165, 1.54) is 0 Å². The van der Waals surface area contributed by atoms with Crippen molar-refractivity contribution >= 4 is 11.7 Å². The Bertz CT molecular complexity index is 445. The van der Waals surface area contributed by atoms with Crippen LogP contribution in [0.25, 0.3) is 0 Å². The molecule has 0 aromatic heterocycles. The van der Waals surface area contributed by atoms with Gasteiger partial charge in [0.1, 0.15) is 0 Å². The van der Waals surface area contributed by atoms with Crippen LogP contribution in [0.4, 0.5) is 0 Å². The molecule has 5 N–H and O–H groups in total. The van der Waals surface area contributed by atoms with E-state index in [1.54, 1.807) is 26.1 Å². The maximum absolute atomic E-state index is 11.3. The fourth-order valence-corrected chi connectivity index (χ4v) is 1.55. The molecule has 0 bridgehead atoms. The normalized spacial score (nSPS) is 13.1. The van der Waals surface area contributed by atoms with Gasteiger partial charge in [-0.05, 0) is 12.5 Å². The SMILES string of the molecule is CNC(=O)C(C)NCc1ccccc1C(N)=NO. The zero-order valence-corrected chi connectivity index (χ0v) is 10.5. The minimum atomic E-state index is -0.310. The van der Waals surface area contributed by atoms with Gasteiger partial charge in [-0.15, -0.1) is 0 Å². The molecule has 0 saturated heterocycles. The van der Waals surface area contributed by atoms with E-state index in [2.05, 4.69) is 15.8 Å². The van der Waals surface area contributed by atoms with Crippen LogP contribution >= 0.6 is 0 Å². The number of carbonyl (C=O) groups excluding carboxylic acids is 1. The summed E-state index contributed by atoms with van der Waals surface area (Å²) in [6.45, 7) is 2.23. The van der Waals surface area contributed by atoms with Gasteiger partial charge < -0.3 is 21.6 Å². The predicted molar refractivity (Wildman–Crippen MR) is 69.3 cm³/mol. The molecule has 0 spiro atoms. The Kier molecular flexibility index (Phi) is 5.13. The van der Waals surface area contributed by atoms with Crippen molar-refractivity contribution in [3.63, 3.8) is 0 Å². The van der Waals surface area contributed by atoms with Gasteiger partial charge in [0.25, 0.3) is 0 Å². The van der Waals surface area contributed by atoms with Crippen LogP contribution in [0.5, 0.6) is 0 Å². The van der Waals surface area contributed by atoms with Crippen molar-refractivity contribution in [2.45, 2.75) is 19.5 Å². The lowest BCUT2D eigenvalue weighted by Gasteiger charge is -2.14. The summed E-state index contributed by atoms with van der Waals surface area (Å²) in [5.74, 6) is -0.0312. The molecule has 1 aromatic rings. The molecule has 0 fully saturated rings. The van der Waals surface area contributed by atoms with E-state index in [-0.39, 0.29) is 17.8 Å². The summed E-state index contributed by atoms with van der Waals surface area (Å²) in [4.78, 5) is 11.3. The van der Waals surface area contributed by atoms with Crippen LogP contribution in [0.2, 0.25) is 0 Å². The highest BCUT2D eigenvalue weighted by Crippen LogP contribution is 2.08. The molecule has 0 aliphatic carbocycles. The van der Waals surface area contributed by atoms with Crippen LogP contribution in [0.1, 0.15) is 18.1 Å². The molecule has 98 valence electrons. The van der Waals surface area contributed by atoms with Gasteiger partial charge in [-0.2, -0.15) is 0 Å². The lowest BCUT2D eigenvalue weighted by atomic mass is 10.1. The number of carbonyl (C=O) groups is 1. The maximum atomic E-state index is 11.3. The molecule has 1 aromatic carbocycles. The zero-order valence-electron chi connectivity index (χ0n) is 10.5. The Morgan fingerprint density at radius 2 is 2.17 bits per heavy atom. The van der Waals surface area contributed by atoms with Gasteiger partial charge in [0.15, 0.2) is 5.84 Å². The topological polar surface area (TPSA) is 99.7 Å². The van der Waals surface area contributed by atoms with E-state index >= 15 is 0 Å². The van der Waals surface area contributed by atoms with E-state index in [1.807, 2.05) is 12.1 Å². The Hall–Kier alpha value is -2.08. The van der Waals surface area contributed by atoms with Crippen molar-refractivity contribution in [3.05, 3.63) is 35.4 Å². The van der Waals surface area contributed by atoms with Crippen molar-refractivity contribution in [1.29, 1.82) is 0 Å². The van der Waals surface area contributed by atoms with Crippen LogP contribution in [0, 0.1) is 0 Å². The Balaban J connectivity index is 2.76. The van der Waals surface area contributed by atoms with Gasteiger partial charge in [-0.25, -0.2) is 0 Å². The second-order valence-corrected chi connectivity index (χ2v) is 3.86. The van der Waals surface area contributed by atoms with Gasteiger partial charge >= 0.3 is 0 Å². The van der Waals surface area contributed by atoms with Crippen molar-refractivity contribution in [1.82, 2.24) is 10.6 Å². The average molecular weight is 250 g/mol. The number of nitrogens with two attached hydrogens (primary N) is 1. The van der Waals surface area contributed by atoms with E-state index < -0.39 is 0 Å². The third-order valence-electron chi connectivity index (χ3n) is 2.64. The number of benzene rings is 1. The minimum absolute atomic E-state index is 0.0556. The molecule has 6 nitrogen and oxygen atoms in total. The summed E-state index contributed by atoms with van der Waals surface area (Å²) < 4.78 is 0. The lowest BCUT2D eigenvalue weighted by molar-refractivity contribution is -0.122. The molecule has 0 aliphatic rings. The summed E-state index contributed by atoms with van der Waals surface area (Å²) in [7, 11) is 1.59. The minimum Gasteiger partial charge on any atom is -0.409 e. The molecule has 0 aliphatic heterocycles. The first-order valence-corrected chi connectivity index (χ1v) is 5.61. The average Bonchev–Trinajstić information content (AvgIpc) is 2.43. The summed E-state index contributed by atoms with van der Waals surface area (Å²) >= 11 is 0. The molecular weight excluding hydrogens is 232 g/mol. The number of amidine groups is 1. The third kappa shape index (κ3) is 3.46. The highest BCUT2D eigenvalue weighted by molar-refractivity contribution is 5.98. The molecule has 1 rings (SSSR count). The van der Waals surface area contributed by atoms with E-state index in [0.717, 1.165) is 5.56 Å². The smallest absolute Gasteiger partial charge is 0.236 e. The van der Waals surface area contributed by atoms with Crippen LogP contribution in [-0.2, 0) is 11.3 Å². The molecule has 1 amide bonds. The Labute approximate surface area is 106 Å². The molecule has 18 heavy (non-hydrogen) atoms. The van der Waals surface area contributed by atoms with Gasteiger partial charge in [0, 0.05) is 19.2 Å². The largest absolute Gasteiger partial charge is 0.409 e. The zero-order chi connectivity index (χ0) is 13.5. The molecule has 6 heteroatoms. The summed E-state index contributed by atoms with van der Waals surface area (Å²) in [5.41, 5.74) is 7.09. The van der Waals surface area contributed by atoms with Crippen molar-refractivity contribution < 1.29 is 10.0 Å². The summed E-state index contributed by atoms with van der Waals surface area (Å²) in [5, 5.41) is 17.3. The first-order chi connectivity index (χ1) is 8.60. The van der Waals surface area contributed by atoms with Crippen LogP contribution < -0.4 is 16.4 Å². The second-order valence-electron chi connectivity index (χ2n) is 3.86. The van der Waals surface area contributed by atoms with Crippen molar-refractivity contribution in [2.75, 3.05) is 7.05 Å². The molecule has 0 radical (unpaired) electrons. The highest BCUT2D eigenvalue weighted by atomic mass is 16.4. The summed E-state index contributed by atoms with van der Waals surface area (Å²) in [6.07, 6.45) is 0. The monoisotopic (exact) mass is 250 g/mol. The second kappa shape index (κ2) is 6.61. The number of hydrogen-bond acceptors (Lipinski definition) is 4. The van der Waals surface area contributed by atoms with Crippen molar-refractivity contribution in [2.24, 2.45) is 10.9 Å². The molecule has 1 atom stereocenters. The number of nitrogens with one attached hydrogen (secondary N) is 2. The standard InChI is InChI=1S/C12H18N4O2/c1-8(12(17)14-2)15-7-9-5-3-4-6-10(9)11(13)16-18/h3-6,8,15,18H,7H2,1-2H3,(H2,13,16)(H,14,17). The quantitative estimate of drug-likeness (QED) is 0.256. The lowest BCUT2D eigenvalue weighted by Crippen LogP contribution is -2.40. The fraction of sp³-hybridized carbons (Fsp3) is 0.333. The van der Waals surface area contributed by atoms with Gasteiger partial charge in [0.2, 0.25) is 5.91 Å². The summed E-state index contributed by atoms with van der Waals surface area (Å²) in [6, 6.07) is 6.97. The molecule has 0 heterocycles. The van der Waals surface area contributed by atoms with Gasteiger partial charge in [-0.3, -0.25) is 4.79 Å². The first-order valence-electron chi connectivity index (χ1n) is 5.61. The van der Waals surface area contributed by atoms with E-state index in [9.17, 15) is 4.79 Å². The number of likely N-dealkylation sites (N-methyl/N-ethyl adjacent to an activating group) is 1. The number of hydrogen-bond donors (Lipinski definition) is 4. The number of rotatable bonds is 5. The first kappa shape index (κ1) is 14.0. The van der Waals surface area contributed by atoms with E-state index in [4.69, 9.17) is 10.9 Å².